The highest BCUT2D eigenvalue weighted by molar-refractivity contribution is 6.58. The van der Waals surface area contributed by atoms with Crippen LogP contribution in [-0.4, -0.2) is 17.2 Å². The first-order chi connectivity index (χ1) is 8.80. The van der Waals surface area contributed by atoms with E-state index >= 15 is 0 Å². The third-order valence-electron chi connectivity index (χ3n) is 1.51. The molecule has 1 rings (SSSR count). The van der Waals surface area contributed by atoms with Crippen molar-refractivity contribution < 1.29 is 24.0 Å². The molecule has 1 aromatic rings. The lowest BCUT2D eigenvalue weighted by Crippen LogP contribution is -2.30. The second kappa shape index (κ2) is 3.90. The molecule has 0 atom stereocenters. The van der Waals surface area contributed by atoms with Crippen molar-refractivity contribution in [2.24, 2.45) is 0 Å². The van der Waals surface area contributed by atoms with Gasteiger partial charge in [-0.15, -0.1) is 0 Å². The summed E-state index contributed by atoms with van der Waals surface area (Å²) in [5.41, 5.74) is -1.09. The number of hydrogen-bond donors (Lipinski definition) is 2. The zero-order chi connectivity index (χ0) is 15.9. The molecule has 0 radical (unpaired) electrons. The molecule has 0 aliphatic rings. The molecule has 0 aliphatic heterocycles. The van der Waals surface area contributed by atoms with Gasteiger partial charge in [0.25, 0.3) is 0 Å². The Balaban J connectivity index is 3.60. The first-order valence-corrected chi connectivity index (χ1v) is 3.48. The highest BCUT2D eigenvalue weighted by Crippen LogP contribution is 2.13. The van der Waals surface area contributed by atoms with Crippen LogP contribution in [0.1, 0.15) is 34.8 Å². The maximum atomic E-state index is 13.4. The smallest absolute Gasteiger partial charge is 0.423 e. The van der Waals surface area contributed by atoms with E-state index in [9.17, 15) is 4.39 Å². The summed E-state index contributed by atoms with van der Waals surface area (Å²) >= 11 is 0. The van der Waals surface area contributed by atoms with Gasteiger partial charge in [0, 0.05) is 9.60 Å². The third-order valence-corrected chi connectivity index (χ3v) is 1.51. The van der Waals surface area contributed by atoms with Gasteiger partial charge in [0.2, 0.25) is 0 Å². The van der Waals surface area contributed by atoms with Gasteiger partial charge >= 0.3 is 7.12 Å². The summed E-state index contributed by atoms with van der Waals surface area (Å²) in [6.07, 6.45) is 0. The van der Waals surface area contributed by atoms with Crippen LogP contribution in [-0.2, 0) is 0 Å². The Morgan fingerprint density at radius 3 is 2.69 bits per heavy atom. The summed E-state index contributed by atoms with van der Waals surface area (Å²) in [4.78, 5) is 0. The molecule has 0 unspecified atom stereocenters. The van der Waals surface area contributed by atoms with Gasteiger partial charge in [-0.25, -0.2) is 4.39 Å². The largest absolute Gasteiger partial charge is 0.488 e. The Labute approximate surface area is 87.0 Å². The first-order valence-electron chi connectivity index (χ1n) is 6.98. The third kappa shape index (κ3) is 2.54. The average molecular weight is 189 g/mol. The van der Waals surface area contributed by atoms with E-state index in [0.29, 0.717) is 12.1 Å². The molecular weight excluding hydrogens is 170 g/mol. The molecule has 0 aliphatic carbocycles. The summed E-state index contributed by atoms with van der Waals surface area (Å²) in [6.45, 7) is -6.52. The molecule has 0 heterocycles. The minimum atomic E-state index is -3.26. The van der Waals surface area contributed by atoms with E-state index in [1.165, 1.54) is 0 Å². The molecule has 0 bridgehead atoms. The zero-order valence-electron chi connectivity index (χ0n) is 13.6. The predicted molar refractivity (Wildman–Crippen MR) is 50.3 cm³/mol. The summed E-state index contributed by atoms with van der Waals surface area (Å²) in [5.74, 6) is -4.14. The van der Waals surface area contributed by atoms with Gasteiger partial charge < -0.3 is 10.0 Å². The maximum absolute atomic E-state index is 13.4. The summed E-state index contributed by atoms with van der Waals surface area (Å²) in [7, 11) is -2.11. The number of hydrogen-bond acceptors (Lipinski definition) is 2. The summed E-state index contributed by atoms with van der Waals surface area (Å²) in [5, 5.41) is 18.0. The molecule has 1 aromatic carbocycles. The van der Waals surface area contributed by atoms with Crippen LogP contribution in [0.4, 0.5) is 4.39 Å². The van der Waals surface area contributed by atoms with Crippen LogP contribution in [0.15, 0.2) is 18.2 Å². The lowest BCUT2D eigenvalue weighted by Gasteiger charge is -2.08. The topological polar surface area (TPSA) is 40.5 Å². The zero-order valence-corrected chi connectivity index (χ0v) is 6.58. The lowest BCUT2D eigenvalue weighted by molar-refractivity contribution is 0.425. The van der Waals surface area contributed by atoms with E-state index in [1.54, 1.807) is 0 Å². The van der Waals surface area contributed by atoms with Crippen molar-refractivity contribution in [2.45, 2.75) is 19.6 Å². The van der Waals surface area contributed by atoms with Crippen molar-refractivity contribution in [3.05, 3.63) is 29.6 Å². The molecular formula is C9H12BFO2. The fourth-order valence-electron chi connectivity index (χ4n) is 0.906. The number of benzene rings is 1. The second-order valence-electron chi connectivity index (χ2n) is 2.52. The van der Waals surface area contributed by atoms with Gasteiger partial charge in [-0.3, -0.25) is 0 Å². The molecule has 0 spiro atoms. The van der Waals surface area contributed by atoms with Crippen molar-refractivity contribution in [3.63, 3.8) is 0 Å². The minimum absolute atomic E-state index is 0.426. The van der Waals surface area contributed by atoms with Crippen molar-refractivity contribution >= 4 is 12.6 Å². The van der Waals surface area contributed by atoms with E-state index < -0.39 is 43.6 Å². The van der Waals surface area contributed by atoms with Crippen LogP contribution >= 0.6 is 0 Å². The maximum Gasteiger partial charge on any atom is 0.488 e. The Kier molecular flexibility index (Phi) is 1.23. The predicted octanol–water partition coefficient (Wildman–Crippen LogP) is 0.629. The fourth-order valence-corrected chi connectivity index (χ4v) is 0.906. The van der Waals surface area contributed by atoms with E-state index in [1.807, 2.05) is 0 Å². The first kappa shape index (κ1) is 4.11. The summed E-state index contributed by atoms with van der Waals surface area (Å²) < 4.78 is 64.9. The normalized spacial score (nSPS) is 21.3. The van der Waals surface area contributed by atoms with Gasteiger partial charge in [0.15, 0.2) is 0 Å². The quantitative estimate of drug-likeness (QED) is 0.670. The lowest BCUT2D eigenvalue weighted by atomic mass is 9.78. The van der Waals surface area contributed by atoms with E-state index in [0.717, 1.165) is 6.07 Å². The van der Waals surface area contributed by atoms with Crippen molar-refractivity contribution in [2.75, 3.05) is 0 Å². The Hall–Kier alpha value is -0.865. The molecule has 2 nitrogen and oxygen atoms in total. The molecule has 0 amide bonds. The molecule has 2 N–H and O–H groups in total. The Morgan fingerprint density at radius 2 is 2.15 bits per heavy atom. The molecule has 0 fully saturated rings. The molecule has 0 aromatic heterocycles. The van der Waals surface area contributed by atoms with Crippen molar-refractivity contribution in [3.8, 4) is 0 Å². The average Bonchev–Trinajstić information content (AvgIpc) is 2.23. The van der Waals surface area contributed by atoms with Gasteiger partial charge in [0.05, 0.1) is 0 Å². The molecule has 0 saturated heterocycles. The second-order valence-corrected chi connectivity index (χ2v) is 2.52. The number of halogens is 1. The van der Waals surface area contributed by atoms with Crippen LogP contribution in [0.2, 0.25) is 0 Å². The van der Waals surface area contributed by atoms with Crippen LogP contribution in [0.3, 0.4) is 0 Å². The molecule has 70 valence electrons. The number of rotatable bonds is 2. The van der Waals surface area contributed by atoms with Crippen LogP contribution in [0.25, 0.3) is 0 Å². The summed E-state index contributed by atoms with van der Waals surface area (Å²) in [6, 6.07) is 2.10. The van der Waals surface area contributed by atoms with Gasteiger partial charge in [-0.1, -0.05) is 19.8 Å². The standard InChI is InChI=1S/C9H12BFO2/c1-6(2)7-3-8(10(12)13)5-9(11)4-7/h3-6,12-13H,1-2H3/i1D3,2D3,6D. The SMILES string of the molecule is [2H]C([2H])([2H])C([2H])(c1cc(F)cc(B(O)O)c1)C([2H])([2H])[2H]. The van der Waals surface area contributed by atoms with Gasteiger partial charge in [-0.05, 0) is 29.1 Å². The van der Waals surface area contributed by atoms with E-state index in [-0.39, 0.29) is 0 Å². The molecule has 4 heteroatoms. The highest BCUT2D eigenvalue weighted by atomic mass is 19.1. The van der Waals surface area contributed by atoms with Crippen molar-refractivity contribution in [1.29, 1.82) is 0 Å². The Bertz CT molecular complexity index is 486. The highest BCUT2D eigenvalue weighted by Gasteiger charge is 2.13. The van der Waals surface area contributed by atoms with Crippen LogP contribution in [0, 0.1) is 5.82 Å². The van der Waals surface area contributed by atoms with E-state index in [2.05, 4.69) is 0 Å². The Morgan fingerprint density at radius 1 is 1.46 bits per heavy atom. The molecule has 13 heavy (non-hydrogen) atoms. The van der Waals surface area contributed by atoms with Gasteiger partial charge in [0.1, 0.15) is 5.82 Å². The fraction of sp³-hybridized carbons (Fsp3) is 0.333. The minimum Gasteiger partial charge on any atom is -0.423 e. The monoisotopic (exact) mass is 189 g/mol. The van der Waals surface area contributed by atoms with Crippen LogP contribution < -0.4 is 5.46 Å². The van der Waals surface area contributed by atoms with Crippen LogP contribution in [0.5, 0.6) is 0 Å². The molecule has 0 saturated carbocycles. The van der Waals surface area contributed by atoms with Crippen molar-refractivity contribution in [1.82, 2.24) is 0 Å². The van der Waals surface area contributed by atoms with E-state index in [4.69, 9.17) is 19.6 Å². The van der Waals surface area contributed by atoms with Gasteiger partial charge in [-0.2, -0.15) is 0 Å².